The Morgan fingerprint density at radius 3 is 2.42 bits per heavy atom. The van der Waals surface area contributed by atoms with Crippen LogP contribution >= 0.6 is 11.8 Å². The van der Waals surface area contributed by atoms with Gasteiger partial charge in [0.15, 0.2) is 0 Å². The maximum atomic E-state index is 12.9. The Morgan fingerprint density at radius 1 is 1.21 bits per heavy atom. The number of halogens is 3. The van der Waals surface area contributed by atoms with Gasteiger partial charge in [-0.2, -0.15) is 24.9 Å². The quantitative estimate of drug-likeness (QED) is 0.828. The molecule has 0 radical (unpaired) electrons. The molecule has 0 fully saturated rings. The molecule has 0 aliphatic heterocycles. The van der Waals surface area contributed by atoms with Crippen molar-refractivity contribution in [2.45, 2.75) is 37.7 Å². The Morgan fingerprint density at radius 2 is 1.84 bits per heavy atom. The van der Waals surface area contributed by atoms with E-state index in [2.05, 4.69) is 12.2 Å². The van der Waals surface area contributed by atoms with Gasteiger partial charge in [-0.25, -0.2) is 0 Å². The maximum Gasteiger partial charge on any atom is 0.416 e. The van der Waals surface area contributed by atoms with E-state index in [-0.39, 0.29) is 6.04 Å². The van der Waals surface area contributed by atoms with Gasteiger partial charge in [0.1, 0.15) is 0 Å². The van der Waals surface area contributed by atoms with Crippen LogP contribution in [0.25, 0.3) is 0 Å². The van der Waals surface area contributed by atoms with E-state index in [1.165, 1.54) is 6.07 Å². The zero-order chi connectivity index (χ0) is 14.5. The maximum absolute atomic E-state index is 12.9. The van der Waals surface area contributed by atoms with Gasteiger partial charge in [0.25, 0.3) is 0 Å². The number of rotatable bonds is 6. The average Bonchev–Trinajstić information content (AvgIpc) is 2.37. The van der Waals surface area contributed by atoms with Gasteiger partial charge in [-0.15, -0.1) is 0 Å². The summed E-state index contributed by atoms with van der Waals surface area (Å²) >= 11 is 1.76. The normalized spacial score (nSPS) is 15.3. The van der Waals surface area contributed by atoms with Crippen LogP contribution in [0.15, 0.2) is 24.3 Å². The minimum Gasteiger partial charge on any atom is -0.310 e. The molecule has 1 rings (SSSR count). The van der Waals surface area contributed by atoms with Crippen LogP contribution < -0.4 is 5.32 Å². The highest BCUT2D eigenvalue weighted by atomic mass is 32.2. The summed E-state index contributed by atoms with van der Waals surface area (Å²) in [6, 6.07) is 5.45. The van der Waals surface area contributed by atoms with Crippen LogP contribution in [-0.2, 0) is 6.18 Å². The average molecular weight is 291 g/mol. The lowest BCUT2D eigenvalue weighted by atomic mass is 10.0. The summed E-state index contributed by atoms with van der Waals surface area (Å²) in [7, 11) is 0. The highest BCUT2D eigenvalue weighted by Gasteiger charge is 2.33. The summed E-state index contributed by atoms with van der Waals surface area (Å²) in [4.78, 5) is 0. The molecule has 1 nitrogen and oxygen atoms in total. The summed E-state index contributed by atoms with van der Waals surface area (Å²) in [6.45, 7) is 4.60. The molecule has 1 aromatic rings. The SMILES string of the molecule is CSC(C)CCNC(C)c1ccccc1C(F)(F)F. The number of benzene rings is 1. The fourth-order valence-electron chi connectivity index (χ4n) is 1.86. The highest BCUT2D eigenvalue weighted by Crippen LogP contribution is 2.34. The first-order valence-electron chi connectivity index (χ1n) is 6.28. The lowest BCUT2D eigenvalue weighted by Crippen LogP contribution is -2.24. The van der Waals surface area contributed by atoms with E-state index in [1.807, 2.05) is 6.26 Å². The van der Waals surface area contributed by atoms with Crippen LogP contribution in [0.1, 0.15) is 37.4 Å². The van der Waals surface area contributed by atoms with Crippen molar-refractivity contribution in [3.63, 3.8) is 0 Å². The second-order valence-electron chi connectivity index (χ2n) is 4.60. The molecule has 0 spiro atoms. The third kappa shape index (κ3) is 5.07. The molecule has 2 unspecified atom stereocenters. The molecule has 0 amide bonds. The zero-order valence-electron chi connectivity index (χ0n) is 11.4. The van der Waals surface area contributed by atoms with Crippen molar-refractivity contribution in [1.82, 2.24) is 5.32 Å². The molecular formula is C14H20F3NS. The standard InChI is InChI=1S/C14H20F3NS/c1-10(19-3)8-9-18-11(2)12-6-4-5-7-13(12)14(15,16)17/h4-7,10-11,18H,8-9H2,1-3H3. The molecule has 1 aromatic carbocycles. The molecule has 1 N–H and O–H groups in total. The summed E-state index contributed by atoms with van der Waals surface area (Å²) in [5.41, 5.74) is -0.236. The smallest absolute Gasteiger partial charge is 0.310 e. The first kappa shape index (κ1) is 16.4. The van der Waals surface area contributed by atoms with Gasteiger partial charge in [-0.05, 0) is 37.8 Å². The number of thioether (sulfide) groups is 1. The topological polar surface area (TPSA) is 12.0 Å². The van der Waals surface area contributed by atoms with Crippen molar-refractivity contribution in [1.29, 1.82) is 0 Å². The predicted octanol–water partition coefficient (Wildman–Crippen LogP) is 4.50. The van der Waals surface area contributed by atoms with Crippen molar-refractivity contribution < 1.29 is 13.2 Å². The Kier molecular flexibility index (Phi) is 6.20. The third-order valence-electron chi connectivity index (χ3n) is 3.14. The van der Waals surface area contributed by atoms with Crippen molar-refractivity contribution in [2.75, 3.05) is 12.8 Å². The highest BCUT2D eigenvalue weighted by molar-refractivity contribution is 7.99. The largest absolute Gasteiger partial charge is 0.416 e. The van der Waals surface area contributed by atoms with Crippen LogP contribution in [0, 0.1) is 0 Å². The molecule has 5 heteroatoms. The van der Waals surface area contributed by atoms with Gasteiger partial charge in [0, 0.05) is 11.3 Å². The van der Waals surface area contributed by atoms with Crippen molar-refractivity contribution in [3.05, 3.63) is 35.4 Å². The van der Waals surface area contributed by atoms with Crippen LogP contribution in [0.4, 0.5) is 13.2 Å². The predicted molar refractivity (Wildman–Crippen MR) is 75.5 cm³/mol. The fraction of sp³-hybridized carbons (Fsp3) is 0.571. The number of hydrogen-bond donors (Lipinski definition) is 1. The first-order chi connectivity index (χ1) is 8.86. The van der Waals surface area contributed by atoms with Gasteiger partial charge >= 0.3 is 6.18 Å². The van der Waals surface area contributed by atoms with Gasteiger partial charge in [0.2, 0.25) is 0 Å². The van der Waals surface area contributed by atoms with E-state index in [0.29, 0.717) is 10.8 Å². The molecule has 0 aliphatic carbocycles. The molecule has 19 heavy (non-hydrogen) atoms. The molecule has 0 heterocycles. The molecule has 0 saturated heterocycles. The van der Waals surface area contributed by atoms with E-state index in [4.69, 9.17) is 0 Å². The number of alkyl halides is 3. The Labute approximate surface area is 117 Å². The Balaban J connectivity index is 2.69. The third-order valence-corrected chi connectivity index (χ3v) is 4.18. The van der Waals surface area contributed by atoms with Gasteiger partial charge in [-0.3, -0.25) is 0 Å². The minimum absolute atomic E-state index is 0.299. The van der Waals surface area contributed by atoms with Crippen LogP contribution in [0.5, 0.6) is 0 Å². The van der Waals surface area contributed by atoms with Crippen molar-refractivity contribution >= 4 is 11.8 Å². The zero-order valence-corrected chi connectivity index (χ0v) is 12.2. The number of nitrogens with one attached hydrogen (secondary N) is 1. The van der Waals surface area contributed by atoms with Crippen LogP contribution in [0.3, 0.4) is 0 Å². The lowest BCUT2D eigenvalue weighted by molar-refractivity contribution is -0.138. The van der Waals surface area contributed by atoms with E-state index in [9.17, 15) is 13.2 Å². The Hall–Kier alpha value is -0.680. The van der Waals surface area contributed by atoms with Gasteiger partial charge < -0.3 is 5.32 Å². The van der Waals surface area contributed by atoms with E-state index in [0.717, 1.165) is 19.0 Å². The number of hydrogen-bond acceptors (Lipinski definition) is 2. The molecule has 0 aliphatic rings. The van der Waals surface area contributed by atoms with Crippen LogP contribution in [0.2, 0.25) is 0 Å². The summed E-state index contributed by atoms with van der Waals surface area (Å²) in [6.07, 6.45) is -1.31. The summed E-state index contributed by atoms with van der Waals surface area (Å²) in [5, 5.41) is 3.67. The van der Waals surface area contributed by atoms with E-state index >= 15 is 0 Å². The molecule has 0 aromatic heterocycles. The monoisotopic (exact) mass is 291 g/mol. The molecule has 2 atom stereocenters. The molecule has 108 valence electrons. The van der Waals surface area contributed by atoms with Gasteiger partial charge in [-0.1, -0.05) is 25.1 Å². The van der Waals surface area contributed by atoms with Gasteiger partial charge in [0.05, 0.1) is 5.56 Å². The summed E-state index contributed by atoms with van der Waals surface area (Å²) < 4.78 is 38.6. The van der Waals surface area contributed by atoms with Crippen molar-refractivity contribution in [2.24, 2.45) is 0 Å². The second kappa shape index (κ2) is 7.20. The first-order valence-corrected chi connectivity index (χ1v) is 7.57. The lowest BCUT2D eigenvalue weighted by Gasteiger charge is -2.20. The van der Waals surface area contributed by atoms with Crippen LogP contribution in [-0.4, -0.2) is 18.1 Å². The van der Waals surface area contributed by atoms with E-state index < -0.39 is 11.7 Å². The molecule has 0 saturated carbocycles. The van der Waals surface area contributed by atoms with Crippen molar-refractivity contribution in [3.8, 4) is 0 Å². The molecule has 0 bridgehead atoms. The Bertz CT molecular complexity index is 393. The second-order valence-corrected chi connectivity index (χ2v) is 5.87. The summed E-state index contributed by atoms with van der Waals surface area (Å²) in [5.74, 6) is 0. The van der Waals surface area contributed by atoms with E-state index in [1.54, 1.807) is 30.8 Å². The molecular weight excluding hydrogens is 271 g/mol. The fourth-order valence-corrected chi connectivity index (χ4v) is 2.22. The minimum atomic E-state index is -4.29.